The molecule has 0 atom stereocenters. The third-order valence-corrected chi connectivity index (χ3v) is 6.46. The SMILES string of the molecule is O=C(CCN1CCCC1)Nc1ccc2c(Nc3ccc(Br)cc3)c3ccccc3nc2c1. The molecule has 5 nitrogen and oxygen atoms in total. The number of likely N-dealkylation sites (tertiary alicyclic amines) is 1. The van der Waals surface area contributed by atoms with E-state index in [9.17, 15) is 4.79 Å². The second-order valence-corrected chi connectivity index (χ2v) is 9.13. The number of benzene rings is 3. The first-order valence-corrected chi connectivity index (χ1v) is 11.8. The van der Waals surface area contributed by atoms with Gasteiger partial charge < -0.3 is 15.5 Å². The first kappa shape index (κ1) is 20.9. The van der Waals surface area contributed by atoms with Crippen molar-refractivity contribution in [2.75, 3.05) is 30.3 Å². The third kappa shape index (κ3) is 4.61. The molecule has 2 heterocycles. The zero-order valence-corrected chi connectivity index (χ0v) is 19.4. The van der Waals surface area contributed by atoms with Crippen LogP contribution in [0.3, 0.4) is 0 Å². The molecule has 1 aliphatic rings. The Bertz CT molecular complexity index is 1270. The number of carbonyl (C=O) groups excluding carboxylic acids is 1. The second kappa shape index (κ2) is 9.27. The van der Waals surface area contributed by atoms with E-state index >= 15 is 0 Å². The van der Waals surface area contributed by atoms with Gasteiger partial charge in [-0.1, -0.05) is 34.1 Å². The number of hydrogen-bond acceptors (Lipinski definition) is 4. The summed E-state index contributed by atoms with van der Waals surface area (Å²) in [6.07, 6.45) is 2.99. The smallest absolute Gasteiger partial charge is 0.225 e. The maximum Gasteiger partial charge on any atom is 0.225 e. The van der Waals surface area contributed by atoms with Crippen LogP contribution in [0, 0.1) is 0 Å². The Labute approximate surface area is 196 Å². The molecule has 0 bridgehead atoms. The number of carbonyl (C=O) groups is 1. The maximum absolute atomic E-state index is 12.5. The second-order valence-electron chi connectivity index (χ2n) is 8.21. The number of rotatable bonds is 6. The van der Waals surface area contributed by atoms with Gasteiger partial charge >= 0.3 is 0 Å². The maximum atomic E-state index is 12.5. The summed E-state index contributed by atoms with van der Waals surface area (Å²) in [6, 6.07) is 22.2. The van der Waals surface area contributed by atoms with Crippen LogP contribution in [0.4, 0.5) is 17.1 Å². The highest BCUT2D eigenvalue weighted by molar-refractivity contribution is 9.10. The van der Waals surface area contributed by atoms with Gasteiger partial charge in [0, 0.05) is 39.6 Å². The van der Waals surface area contributed by atoms with Crippen molar-refractivity contribution in [3.63, 3.8) is 0 Å². The van der Waals surface area contributed by atoms with Crippen molar-refractivity contribution in [2.24, 2.45) is 0 Å². The summed E-state index contributed by atoms with van der Waals surface area (Å²) in [5.41, 5.74) is 4.56. The number of fused-ring (bicyclic) bond motifs is 2. The van der Waals surface area contributed by atoms with Crippen molar-refractivity contribution in [1.82, 2.24) is 9.88 Å². The van der Waals surface area contributed by atoms with E-state index in [2.05, 4.69) is 37.5 Å². The molecule has 162 valence electrons. The number of nitrogens with one attached hydrogen (secondary N) is 2. The quantitative estimate of drug-likeness (QED) is 0.312. The Hall–Kier alpha value is -2.96. The third-order valence-electron chi connectivity index (χ3n) is 5.93. The normalized spacial score (nSPS) is 14.2. The van der Waals surface area contributed by atoms with Crippen molar-refractivity contribution in [3.05, 3.63) is 71.2 Å². The van der Waals surface area contributed by atoms with Gasteiger partial charge in [-0.15, -0.1) is 0 Å². The fraction of sp³-hybridized carbons (Fsp3) is 0.231. The number of halogens is 1. The lowest BCUT2D eigenvalue weighted by Crippen LogP contribution is -2.25. The molecule has 32 heavy (non-hydrogen) atoms. The van der Waals surface area contributed by atoms with E-state index in [1.54, 1.807) is 0 Å². The molecule has 1 aromatic heterocycles. The zero-order chi connectivity index (χ0) is 21.9. The largest absolute Gasteiger partial charge is 0.354 e. The molecular formula is C26H25BrN4O. The molecular weight excluding hydrogens is 464 g/mol. The van der Waals surface area contributed by atoms with Gasteiger partial charge in [-0.2, -0.15) is 0 Å². The Kier molecular flexibility index (Phi) is 6.06. The zero-order valence-electron chi connectivity index (χ0n) is 17.8. The van der Waals surface area contributed by atoms with Gasteiger partial charge in [-0.3, -0.25) is 4.79 Å². The van der Waals surface area contributed by atoms with Crippen LogP contribution in [0.25, 0.3) is 21.8 Å². The highest BCUT2D eigenvalue weighted by Gasteiger charge is 2.14. The molecule has 0 radical (unpaired) electrons. The van der Waals surface area contributed by atoms with Crippen molar-refractivity contribution in [1.29, 1.82) is 0 Å². The van der Waals surface area contributed by atoms with E-state index in [0.717, 1.165) is 63.0 Å². The van der Waals surface area contributed by atoms with Crippen molar-refractivity contribution >= 4 is 60.7 Å². The average molecular weight is 489 g/mol. The van der Waals surface area contributed by atoms with Gasteiger partial charge in [0.15, 0.2) is 0 Å². The van der Waals surface area contributed by atoms with Gasteiger partial charge in [0.25, 0.3) is 0 Å². The Morgan fingerprint density at radius 1 is 0.906 bits per heavy atom. The number of anilines is 3. The van der Waals surface area contributed by atoms with Crippen LogP contribution >= 0.6 is 15.9 Å². The van der Waals surface area contributed by atoms with Crippen molar-refractivity contribution in [3.8, 4) is 0 Å². The van der Waals surface area contributed by atoms with E-state index in [-0.39, 0.29) is 5.91 Å². The van der Waals surface area contributed by atoms with E-state index in [1.165, 1.54) is 12.8 Å². The number of aromatic nitrogens is 1. The van der Waals surface area contributed by atoms with Crippen LogP contribution in [0.5, 0.6) is 0 Å². The Balaban J connectivity index is 1.44. The van der Waals surface area contributed by atoms with E-state index in [0.29, 0.717) is 6.42 Å². The van der Waals surface area contributed by atoms with Crippen molar-refractivity contribution in [2.45, 2.75) is 19.3 Å². The Morgan fingerprint density at radius 3 is 2.44 bits per heavy atom. The molecule has 5 rings (SSSR count). The van der Waals surface area contributed by atoms with Gasteiger partial charge in [0.1, 0.15) is 0 Å². The molecule has 1 saturated heterocycles. The highest BCUT2D eigenvalue weighted by atomic mass is 79.9. The Morgan fingerprint density at radius 2 is 1.62 bits per heavy atom. The van der Waals surface area contributed by atoms with Crippen LogP contribution in [0.15, 0.2) is 71.2 Å². The minimum atomic E-state index is 0.0465. The van der Waals surface area contributed by atoms with Crippen LogP contribution in [-0.4, -0.2) is 35.4 Å². The van der Waals surface area contributed by atoms with Crippen LogP contribution in [0.1, 0.15) is 19.3 Å². The van der Waals surface area contributed by atoms with Gasteiger partial charge in [0.05, 0.1) is 16.7 Å². The molecule has 0 saturated carbocycles. The van der Waals surface area contributed by atoms with Gasteiger partial charge in [-0.05, 0) is 74.5 Å². The van der Waals surface area contributed by atoms with Crippen molar-refractivity contribution < 1.29 is 4.79 Å². The first-order valence-electron chi connectivity index (χ1n) is 11.0. The molecule has 2 N–H and O–H groups in total. The first-order chi connectivity index (χ1) is 15.7. The van der Waals surface area contributed by atoms with E-state index < -0.39 is 0 Å². The molecule has 0 spiro atoms. The topological polar surface area (TPSA) is 57.3 Å². The lowest BCUT2D eigenvalue weighted by atomic mass is 10.1. The molecule has 1 amide bonds. The number of pyridine rings is 1. The van der Waals surface area contributed by atoms with E-state index in [4.69, 9.17) is 4.98 Å². The lowest BCUT2D eigenvalue weighted by Gasteiger charge is -2.15. The van der Waals surface area contributed by atoms with E-state index in [1.807, 2.05) is 60.7 Å². The lowest BCUT2D eigenvalue weighted by molar-refractivity contribution is -0.116. The number of nitrogens with zero attached hydrogens (tertiary/aromatic N) is 2. The summed E-state index contributed by atoms with van der Waals surface area (Å²) < 4.78 is 1.04. The molecule has 4 aromatic rings. The number of para-hydroxylation sites is 1. The average Bonchev–Trinajstić information content (AvgIpc) is 3.33. The van der Waals surface area contributed by atoms with Gasteiger partial charge in [0.2, 0.25) is 5.91 Å². The standard InChI is InChI=1S/C26H25BrN4O/c27-18-7-9-19(10-8-18)29-26-21-5-1-2-6-23(21)30-24-17-20(11-12-22(24)26)28-25(32)13-16-31-14-3-4-15-31/h1-2,5-12,17H,3-4,13-16H2,(H,28,32)(H,29,30). The number of hydrogen-bond donors (Lipinski definition) is 2. The molecule has 0 unspecified atom stereocenters. The summed E-state index contributed by atoms with van der Waals surface area (Å²) in [6.45, 7) is 3.03. The predicted octanol–water partition coefficient (Wildman–Crippen LogP) is 6.32. The van der Waals surface area contributed by atoms with Crippen LogP contribution in [-0.2, 0) is 4.79 Å². The minimum absolute atomic E-state index is 0.0465. The molecule has 1 aliphatic heterocycles. The summed E-state index contributed by atoms with van der Waals surface area (Å²) in [4.78, 5) is 19.7. The molecule has 6 heteroatoms. The summed E-state index contributed by atoms with van der Waals surface area (Å²) in [7, 11) is 0. The fourth-order valence-corrected chi connectivity index (χ4v) is 4.54. The molecule has 3 aromatic carbocycles. The predicted molar refractivity (Wildman–Crippen MR) is 136 cm³/mol. The van der Waals surface area contributed by atoms with Crippen LogP contribution < -0.4 is 10.6 Å². The fourth-order valence-electron chi connectivity index (χ4n) is 4.27. The summed E-state index contributed by atoms with van der Waals surface area (Å²) in [5.74, 6) is 0.0465. The minimum Gasteiger partial charge on any atom is -0.354 e. The molecule has 1 fully saturated rings. The van der Waals surface area contributed by atoms with Crippen LogP contribution in [0.2, 0.25) is 0 Å². The molecule has 0 aliphatic carbocycles. The summed E-state index contributed by atoms with van der Waals surface area (Å²) >= 11 is 3.49. The monoisotopic (exact) mass is 488 g/mol. The summed E-state index contributed by atoms with van der Waals surface area (Å²) in [5, 5.41) is 8.70. The van der Waals surface area contributed by atoms with Gasteiger partial charge in [-0.25, -0.2) is 4.98 Å². The highest BCUT2D eigenvalue weighted by Crippen LogP contribution is 2.34. The number of amides is 1.